The lowest BCUT2D eigenvalue weighted by molar-refractivity contribution is 0.00578. The van der Waals surface area contributed by atoms with Crippen molar-refractivity contribution in [2.75, 3.05) is 20.8 Å². The van der Waals surface area contributed by atoms with E-state index in [1.54, 1.807) is 20.3 Å². The monoisotopic (exact) mass is 453 g/mol. The van der Waals surface area contributed by atoms with Gasteiger partial charge in [0, 0.05) is 18.2 Å². The highest BCUT2D eigenvalue weighted by atomic mass is 16.7. The quantitative estimate of drug-likeness (QED) is 0.587. The van der Waals surface area contributed by atoms with Crippen molar-refractivity contribution >= 4 is 19.3 Å². The topological polar surface area (TPSA) is 75.3 Å². The third-order valence-electron chi connectivity index (χ3n) is 5.99. The van der Waals surface area contributed by atoms with Crippen LogP contribution in [-0.4, -0.2) is 45.2 Å². The van der Waals surface area contributed by atoms with Crippen molar-refractivity contribution in [3.63, 3.8) is 0 Å². The number of hydrogen-bond acceptors (Lipinski definition) is 6. The molecule has 33 heavy (non-hydrogen) atoms. The average molecular weight is 453 g/mol. The molecule has 176 valence electrons. The Hall–Kier alpha value is -2.97. The van der Waals surface area contributed by atoms with E-state index in [9.17, 15) is 4.79 Å². The van der Waals surface area contributed by atoms with Gasteiger partial charge in [-0.1, -0.05) is 36.4 Å². The van der Waals surface area contributed by atoms with E-state index in [0.29, 0.717) is 11.5 Å². The Kier molecular flexibility index (Phi) is 7.71. The average Bonchev–Trinajstić information content (AvgIpc) is 3.02. The number of nitrogens with one attached hydrogen (secondary N) is 1. The third-order valence-corrected chi connectivity index (χ3v) is 5.99. The first-order chi connectivity index (χ1) is 15.6. The summed E-state index contributed by atoms with van der Waals surface area (Å²) in [6.45, 7) is 8.31. The molecule has 7 nitrogen and oxygen atoms in total. The Bertz CT molecular complexity index is 974. The smallest absolute Gasteiger partial charge is 0.492 e. The molecule has 0 bridgehead atoms. The molecule has 3 rings (SSSR count). The van der Waals surface area contributed by atoms with Gasteiger partial charge in [-0.15, -0.1) is 0 Å². The van der Waals surface area contributed by atoms with Crippen LogP contribution in [0.4, 0.5) is 4.79 Å². The lowest BCUT2D eigenvalue weighted by Crippen LogP contribution is -2.41. The van der Waals surface area contributed by atoms with E-state index in [2.05, 4.69) is 5.32 Å². The molecule has 1 aliphatic rings. The summed E-state index contributed by atoms with van der Waals surface area (Å²) in [6, 6.07) is 15.1. The summed E-state index contributed by atoms with van der Waals surface area (Å²) in [4.78, 5) is 12.4. The summed E-state index contributed by atoms with van der Waals surface area (Å²) < 4.78 is 28.6. The highest BCUT2D eigenvalue weighted by Gasteiger charge is 2.52. The first kappa shape index (κ1) is 24.7. The number of benzene rings is 2. The van der Waals surface area contributed by atoms with Crippen molar-refractivity contribution < 1.29 is 28.3 Å². The minimum absolute atomic E-state index is 0.180. The highest BCUT2D eigenvalue weighted by molar-refractivity contribution is 6.56. The van der Waals surface area contributed by atoms with Gasteiger partial charge in [-0.25, -0.2) is 4.79 Å². The fourth-order valence-corrected chi connectivity index (χ4v) is 3.28. The Morgan fingerprint density at radius 2 is 1.67 bits per heavy atom. The second-order valence-corrected chi connectivity index (χ2v) is 8.83. The Balaban J connectivity index is 1.79. The van der Waals surface area contributed by atoms with Crippen LogP contribution in [0.3, 0.4) is 0 Å². The molecular formula is C25H32BNO6. The van der Waals surface area contributed by atoms with Crippen LogP contribution in [0.2, 0.25) is 0 Å². The van der Waals surface area contributed by atoms with Crippen LogP contribution in [0.15, 0.2) is 54.0 Å². The number of ether oxygens (including phenoxy) is 3. The Labute approximate surface area is 196 Å². The molecule has 2 aromatic carbocycles. The zero-order chi connectivity index (χ0) is 24.1. The molecule has 1 amide bonds. The molecule has 0 saturated carbocycles. The van der Waals surface area contributed by atoms with Gasteiger partial charge < -0.3 is 28.8 Å². The molecule has 8 heteroatoms. The molecule has 2 aromatic rings. The molecule has 1 N–H and O–H groups in total. The maximum atomic E-state index is 12.4. The van der Waals surface area contributed by atoms with E-state index < -0.39 is 24.4 Å². The highest BCUT2D eigenvalue weighted by Crippen LogP contribution is 2.39. The molecule has 0 unspecified atom stereocenters. The molecular weight excluding hydrogens is 421 g/mol. The Morgan fingerprint density at radius 1 is 1.00 bits per heavy atom. The number of hydrogen-bond donors (Lipinski definition) is 1. The van der Waals surface area contributed by atoms with E-state index >= 15 is 0 Å². The van der Waals surface area contributed by atoms with Crippen LogP contribution in [0.25, 0.3) is 6.08 Å². The summed E-state index contributed by atoms with van der Waals surface area (Å²) >= 11 is 0. The minimum Gasteiger partial charge on any atom is -0.497 e. The molecule has 0 radical (unpaired) electrons. The van der Waals surface area contributed by atoms with E-state index in [-0.39, 0.29) is 13.2 Å². The maximum Gasteiger partial charge on any atom is 0.492 e. The molecule has 0 aromatic heterocycles. The van der Waals surface area contributed by atoms with Gasteiger partial charge in [0.2, 0.25) is 0 Å². The molecule has 0 aliphatic carbocycles. The predicted octanol–water partition coefficient (Wildman–Crippen LogP) is 4.65. The molecule has 0 atom stereocenters. The summed E-state index contributed by atoms with van der Waals surface area (Å²) in [5.41, 5.74) is 1.41. The standard InChI is InChI=1S/C25H32BNO6/c1-24(2)25(3,4)33-26(32-24)20(14-19-12-13-21(29-5)15-22(19)30-6)16-27-23(28)31-17-18-10-8-7-9-11-18/h7-15H,16-17H2,1-6H3,(H,27,28). The van der Waals surface area contributed by atoms with Gasteiger partial charge in [-0.3, -0.25) is 0 Å². The van der Waals surface area contributed by atoms with Crippen molar-refractivity contribution in [1.82, 2.24) is 5.32 Å². The van der Waals surface area contributed by atoms with Crippen LogP contribution < -0.4 is 14.8 Å². The summed E-state index contributed by atoms with van der Waals surface area (Å²) in [5, 5.41) is 2.81. The van der Waals surface area contributed by atoms with Gasteiger partial charge in [0.1, 0.15) is 18.1 Å². The van der Waals surface area contributed by atoms with Gasteiger partial charge in [0.05, 0.1) is 25.4 Å². The van der Waals surface area contributed by atoms with Crippen molar-refractivity contribution in [3.8, 4) is 11.5 Å². The van der Waals surface area contributed by atoms with Crippen molar-refractivity contribution in [2.45, 2.75) is 45.5 Å². The lowest BCUT2D eigenvalue weighted by Gasteiger charge is -2.32. The van der Waals surface area contributed by atoms with Crippen LogP contribution >= 0.6 is 0 Å². The van der Waals surface area contributed by atoms with Gasteiger partial charge in [0.15, 0.2) is 0 Å². The zero-order valence-corrected chi connectivity index (χ0v) is 20.1. The van der Waals surface area contributed by atoms with E-state index in [1.165, 1.54) is 0 Å². The lowest BCUT2D eigenvalue weighted by atomic mass is 9.77. The van der Waals surface area contributed by atoms with Crippen molar-refractivity contribution in [1.29, 1.82) is 0 Å². The van der Waals surface area contributed by atoms with Gasteiger partial charge in [-0.05, 0) is 50.9 Å². The second kappa shape index (κ2) is 10.3. The number of rotatable bonds is 8. The fourth-order valence-electron chi connectivity index (χ4n) is 3.28. The largest absolute Gasteiger partial charge is 0.497 e. The number of alkyl carbamates (subject to hydrolysis) is 1. The normalized spacial score (nSPS) is 16.9. The third kappa shape index (κ3) is 6.09. The van der Waals surface area contributed by atoms with Gasteiger partial charge >= 0.3 is 13.2 Å². The van der Waals surface area contributed by atoms with Gasteiger partial charge in [-0.2, -0.15) is 0 Å². The first-order valence-electron chi connectivity index (χ1n) is 10.9. The molecule has 0 spiro atoms. The summed E-state index contributed by atoms with van der Waals surface area (Å²) in [5.74, 6) is 1.32. The van der Waals surface area contributed by atoms with Gasteiger partial charge in [0.25, 0.3) is 0 Å². The second-order valence-electron chi connectivity index (χ2n) is 8.83. The molecule has 1 heterocycles. The maximum absolute atomic E-state index is 12.4. The van der Waals surface area contributed by atoms with Crippen LogP contribution in [-0.2, 0) is 20.7 Å². The van der Waals surface area contributed by atoms with Crippen molar-refractivity contribution in [2.24, 2.45) is 0 Å². The van der Waals surface area contributed by atoms with E-state index in [4.69, 9.17) is 23.5 Å². The van der Waals surface area contributed by atoms with E-state index in [0.717, 1.165) is 16.6 Å². The molecule has 1 fully saturated rings. The minimum atomic E-state index is -0.642. The SMILES string of the molecule is COc1ccc(C=C(CNC(=O)OCc2ccccc2)B2OC(C)(C)C(C)(C)O2)c(OC)c1. The number of carbonyl (C=O) groups is 1. The van der Waals surface area contributed by atoms with Crippen LogP contribution in [0.5, 0.6) is 11.5 Å². The number of methoxy groups -OCH3 is 2. The van der Waals surface area contributed by atoms with Crippen LogP contribution in [0, 0.1) is 0 Å². The van der Waals surface area contributed by atoms with Crippen molar-refractivity contribution in [3.05, 3.63) is 65.1 Å². The first-order valence-corrected chi connectivity index (χ1v) is 10.9. The summed E-state index contributed by atoms with van der Waals surface area (Å²) in [6.07, 6.45) is 1.38. The number of amides is 1. The molecule has 1 aliphatic heterocycles. The number of carbonyl (C=O) groups excluding carboxylic acids is 1. The zero-order valence-electron chi connectivity index (χ0n) is 20.1. The Morgan fingerprint density at radius 3 is 2.27 bits per heavy atom. The summed E-state index contributed by atoms with van der Waals surface area (Å²) in [7, 11) is 2.56. The predicted molar refractivity (Wildman–Crippen MR) is 128 cm³/mol. The van der Waals surface area contributed by atoms with Crippen LogP contribution in [0.1, 0.15) is 38.8 Å². The fraction of sp³-hybridized carbons (Fsp3) is 0.400. The molecule has 1 saturated heterocycles. The van der Waals surface area contributed by atoms with E-state index in [1.807, 2.05) is 76.2 Å².